The van der Waals surface area contributed by atoms with E-state index in [0.29, 0.717) is 5.54 Å². The Morgan fingerprint density at radius 1 is 1.38 bits per heavy atom. The fraction of sp³-hybridized carbons (Fsp3) is 1.00. The van der Waals surface area contributed by atoms with Crippen molar-refractivity contribution in [3.8, 4) is 0 Å². The summed E-state index contributed by atoms with van der Waals surface area (Å²) in [5, 5.41) is 3.56. The molecule has 0 unspecified atom stereocenters. The van der Waals surface area contributed by atoms with Crippen molar-refractivity contribution in [1.29, 1.82) is 0 Å². The minimum absolute atomic E-state index is 0.335. The first kappa shape index (κ1) is 9.47. The molecule has 13 heavy (non-hydrogen) atoms. The molecule has 1 saturated carbocycles. The van der Waals surface area contributed by atoms with Crippen molar-refractivity contribution >= 4 is 0 Å². The van der Waals surface area contributed by atoms with Gasteiger partial charge in [0.2, 0.25) is 0 Å². The standard InChI is InChI=1S/C11H22N2/c1-11(2)9-13(7-6-12-11)8-10-4-3-5-10/h10,12H,3-9H2,1-2H3. The molecule has 0 aromatic heterocycles. The van der Waals surface area contributed by atoms with Gasteiger partial charge < -0.3 is 5.32 Å². The van der Waals surface area contributed by atoms with Gasteiger partial charge in [0.1, 0.15) is 0 Å². The molecule has 2 fully saturated rings. The first-order valence-corrected chi connectivity index (χ1v) is 5.63. The lowest BCUT2D eigenvalue weighted by Crippen LogP contribution is -2.57. The van der Waals surface area contributed by atoms with E-state index in [4.69, 9.17) is 0 Å². The molecule has 1 heterocycles. The highest BCUT2D eigenvalue weighted by molar-refractivity contribution is 4.88. The van der Waals surface area contributed by atoms with Crippen LogP contribution in [0.1, 0.15) is 33.1 Å². The lowest BCUT2D eigenvalue weighted by molar-refractivity contribution is 0.112. The molecular formula is C11H22N2. The molecule has 2 rings (SSSR count). The van der Waals surface area contributed by atoms with Gasteiger partial charge in [-0.2, -0.15) is 0 Å². The van der Waals surface area contributed by atoms with Crippen LogP contribution in [0.25, 0.3) is 0 Å². The summed E-state index contributed by atoms with van der Waals surface area (Å²) in [6.07, 6.45) is 4.43. The van der Waals surface area contributed by atoms with E-state index >= 15 is 0 Å². The molecule has 0 atom stereocenters. The van der Waals surface area contributed by atoms with Crippen LogP contribution in [0.5, 0.6) is 0 Å². The van der Waals surface area contributed by atoms with Crippen molar-refractivity contribution in [1.82, 2.24) is 10.2 Å². The molecule has 2 heteroatoms. The number of hydrogen-bond acceptors (Lipinski definition) is 2. The second-order valence-electron chi connectivity index (χ2n) is 5.34. The number of piperazine rings is 1. The van der Waals surface area contributed by atoms with Gasteiger partial charge in [-0.1, -0.05) is 6.42 Å². The third-order valence-corrected chi connectivity index (χ3v) is 3.39. The summed E-state index contributed by atoms with van der Waals surface area (Å²) in [6.45, 7) is 9.61. The van der Waals surface area contributed by atoms with Gasteiger partial charge >= 0.3 is 0 Å². The van der Waals surface area contributed by atoms with Gasteiger partial charge in [-0.15, -0.1) is 0 Å². The van der Waals surface area contributed by atoms with E-state index in [1.807, 2.05) is 0 Å². The number of nitrogens with zero attached hydrogens (tertiary/aromatic N) is 1. The van der Waals surface area contributed by atoms with Gasteiger partial charge in [0.15, 0.2) is 0 Å². The first-order chi connectivity index (χ1) is 6.16. The zero-order chi connectivity index (χ0) is 9.31. The maximum absolute atomic E-state index is 3.56. The van der Waals surface area contributed by atoms with Crippen molar-refractivity contribution < 1.29 is 0 Å². The third-order valence-electron chi connectivity index (χ3n) is 3.39. The average molecular weight is 182 g/mol. The molecule has 0 spiro atoms. The van der Waals surface area contributed by atoms with Crippen molar-refractivity contribution in [2.45, 2.75) is 38.6 Å². The zero-order valence-electron chi connectivity index (χ0n) is 8.97. The van der Waals surface area contributed by atoms with Gasteiger partial charge in [0.25, 0.3) is 0 Å². The van der Waals surface area contributed by atoms with Crippen molar-refractivity contribution in [2.75, 3.05) is 26.2 Å². The summed E-state index contributed by atoms with van der Waals surface area (Å²) in [5.41, 5.74) is 0.335. The van der Waals surface area contributed by atoms with Crippen LogP contribution in [0, 0.1) is 5.92 Å². The normalized spacial score (nSPS) is 30.0. The van der Waals surface area contributed by atoms with Crippen LogP contribution in [0.2, 0.25) is 0 Å². The van der Waals surface area contributed by atoms with Crippen LogP contribution in [0.4, 0.5) is 0 Å². The Kier molecular flexibility index (Phi) is 2.61. The highest BCUT2D eigenvalue weighted by Gasteiger charge is 2.28. The maximum Gasteiger partial charge on any atom is 0.0252 e. The first-order valence-electron chi connectivity index (χ1n) is 5.63. The second-order valence-corrected chi connectivity index (χ2v) is 5.34. The quantitative estimate of drug-likeness (QED) is 0.695. The fourth-order valence-electron chi connectivity index (χ4n) is 2.44. The van der Waals surface area contributed by atoms with Crippen LogP contribution >= 0.6 is 0 Å². The summed E-state index contributed by atoms with van der Waals surface area (Å²) in [5.74, 6) is 1.02. The summed E-state index contributed by atoms with van der Waals surface area (Å²) < 4.78 is 0. The van der Waals surface area contributed by atoms with Crippen LogP contribution in [-0.2, 0) is 0 Å². The van der Waals surface area contributed by atoms with E-state index in [0.717, 1.165) is 5.92 Å². The molecule has 0 bridgehead atoms. The molecule has 2 aliphatic rings. The maximum atomic E-state index is 3.56. The summed E-state index contributed by atoms with van der Waals surface area (Å²) in [6, 6.07) is 0. The Hall–Kier alpha value is -0.0800. The monoisotopic (exact) mass is 182 g/mol. The Morgan fingerprint density at radius 3 is 2.69 bits per heavy atom. The Labute approximate surface area is 81.7 Å². The Morgan fingerprint density at radius 2 is 2.15 bits per heavy atom. The molecule has 2 nitrogen and oxygen atoms in total. The van der Waals surface area contributed by atoms with E-state index in [9.17, 15) is 0 Å². The average Bonchev–Trinajstić information content (AvgIpc) is 1.95. The molecule has 1 saturated heterocycles. The molecule has 1 N–H and O–H groups in total. The summed E-state index contributed by atoms with van der Waals surface area (Å²) in [7, 11) is 0. The second kappa shape index (κ2) is 3.58. The SMILES string of the molecule is CC1(C)CN(CC2CCC2)CCN1. The van der Waals surface area contributed by atoms with Crippen LogP contribution in [0.15, 0.2) is 0 Å². The van der Waals surface area contributed by atoms with E-state index in [-0.39, 0.29) is 0 Å². The van der Waals surface area contributed by atoms with Crippen molar-refractivity contribution in [2.24, 2.45) is 5.92 Å². The number of nitrogens with one attached hydrogen (secondary N) is 1. The van der Waals surface area contributed by atoms with E-state index in [2.05, 4.69) is 24.1 Å². The van der Waals surface area contributed by atoms with E-state index < -0.39 is 0 Å². The summed E-state index contributed by atoms with van der Waals surface area (Å²) in [4.78, 5) is 2.64. The van der Waals surface area contributed by atoms with Gasteiger partial charge in [-0.25, -0.2) is 0 Å². The van der Waals surface area contributed by atoms with Crippen molar-refractivity contribution in [3.05, 3.63) is 0 Å². The van der Waals surface area contributed by atoms with Crippen molar-refractivity contribution in [3.63, 3.8) is 0 Å². The molecular weight excluding hydrogens is 160 g/mol. The Balaban J connectivity index is 1.78. The zero-order valence-corrected chi connectivity index (χ0v) is 8.97. The van der Waals surface area contributed by atoms with Gasteiger partial charge in [-0.05, 0) is 32.6 Å². The van der Waals surface area contributed by atoms with E-state index in [1.54, 1.807) is 0 Å². The minimum atomic E-state index is 0.335. The molecule has 1 aliphatic carbocycles. The minimum Gasteiger partial charge on any atom is -0.309 e. The number of rotatable bonds is 2. The Bertz CT molecular complexity index is 173. The largest absolute Gasteiger partial charge is 0.309 e. The molecule has 76 valence electrons. The number of hydrogen-bond donors (Lipinski definition) is 1. The molecule has 0 radical (unpaired) electrons. The topological polar surface area (TPSA) is 15.3 Å². The third kappa shape index (κ3) is 2.44. The highest BCUT2D eigenvalue weighted by Crippen LogP contribution is 2.27. The van der Waals surface area contributed by atoms with Gasteiger partial charge in [0.05, 0.1) is 0 Å². The van der Waals surface area contributed by atoms with Crippen LogP contribution in [-0.4, -0.2) is 36.6 Å². The van der Waals surface area contributed by atoms with Gasteiger partial charge in [0, 0.05) is 31.7 Å². The summed E-state index contributed by atoms with van der Waals surface area (Å²) >= 11 is 0. The van der Waals surface area contributed by atoms with E-state index in [1.165, 1.54) is 45.4 Å². The van der Waals surface area contributed by atoms with Crippen LogP contribution < -0.4 is 5.32 Å². The molecule has 0 aromatic carbocycles. The molecule has 0 amide bonds. The molecule has 0 aromatic rings. The lowest BCUT2D eigenvalue weighted by atomic mass is 9.84. The van der Waals surface area contributed by atoms with Gasteiger partial charge in [-0.3, -0.25) is 4.90 Å². The predicted octanol–water partition coefficient (Wildman–Crippen LogP) is 1.47. The van der Waals surface area contributed by atoms with Crippen LogP contribution in [0.3, 0.4) is 0 Å². The smallest absolute Gasteiger partial charge is 0.0252 e. The predicted molar refractivity (Wildman–Crippen MR) is 55.9 cm³/mol. The fourth-order valence-corrected chi connectivity index (χ4v) is 2.44. The molecule has 1 aliphatic heterocycles. The highest BCUT2D eigenvalue weighted by atomic mass is 15.2. The lowest BCUT2D eigenvalue weighted by Gasteiger charge is -2.42.